The van der Waals surface area contributed by atoms with Gasteiger partial charge >= 0.3 is 11.7 Å². The molecule has 2 aromatic rings. The van der Waals surface area contributed by atoms with Gasteiger partial charge in [-0.15, -0.1) is 0 Å². The van der Waals surface area contributed by atoms with E-state index >= 15 is 0 Å². The first-order chi connectivity index (χ1) is 9.78. The molecule has 6 nitrogen and oxygen atoms in total. The van der Waals surface area contributed by atoms with Crippen LogP contribution in [0, 0.1) is 0 Å². The number of benzene rings is 1. The van der Waals surface area contributed by atoms with E-state index in [9.17, 15) is 14.7 Å². The van der Waals surface area contributed by atoms with Gasteiger partial charge in [-0.3, -0.25) is 0 Å². The number of amides is 1. The normalized spacial score (nSPS) is 12.0. The Morgan fingerprint density at radius 1 is 1.33 bits per heavy atom. The number of aromatic hydroxyl groups is 1. The molecule has 110 valence electrons. The summed E-state index contributed by atoms with van der Waals surface area (Å²) in [6, 6.07) is 6.53. The maximum absolute atomic E-state index is 11.8. The van der Waals surface area contributed by atoms with Gasteiger partial charge in [0.1, 0.15) is 22.5 Å². The fourth-order valence-corrected chi connectivity index (χ4v) is 1.67. The van der Waals surface area contributed by atoms with Crippen molar-refractivity contribution >= 4 is 23.3 Å². The van der Waals surface area contributed by atoms with Crippen LogP contribution in [-0.4, -0.2) is 23.0 Å². The molecule has 6 heteroatoms. The summed E-state index contributed by atoms with van der Waals surface area (Å²) in [5, 5.41) is 10.4. The van der Waals surface area contributed by atoms with Crippen LogP contribution in [0.4, 0.5) is 4.79 Å². The van der Waals surface area contributed by atoms with Crippen LogP contribution in [0.5, 0.6) is 5.75 Å². The molecule has 1 aromatic carbocycles. The topological polar surface area (TPSA) is 89.1 Å². The van der Waals surface area contributed by atoms with Crippen LogP contribution >= 0.6 is 0 Å². The Hall–Kier alpha value is -2.63. The van der Waals surface area contributed by atoms with Crippen molar-refractivity contribution in [2.24, 2.45) is 4.99 Å². The number of nitrogens with zero attached hydrogens (tertiary/aromatic N) is 1. The van der Waals surface area contributed by atoms with Crippen molar-refractivity contribution < 1.29 is 19.1 Å². The van der Waals surface area contributed by atoms with Gasteiger partial charge < -0.3 is 14.3 Å². The number of rotatable bonds is 1. The van der Waals surface area contributed by atoms with Crippen molar-refractivity contribution in [3.05, 3.63) is 40.2 Å². The zero-order valence-electron chi connectivity index (χ0n) is 11.9. The van der Waals surface area contributed by atoms with Crippen LogP contribution in [0.15, 0.2) is 38.5 Å². The van der Waals surface area contributed by atoms with Gasteiger partial charge in [0, 0.05) is 0 Å². The molecule has 0 bridgehead atoms. The van der Waals surface area contributed by atoms with Crippen LogP contribution < -0.4 is 5.63 Å². The molecule has 1 aromatic heterocycles. The third kappa shape index (κ3) is 3.47. The molecule has 0 spiro atoms. The van der Waals surface area contributed by atoms with Crippen LogP contribution in [0.1, 0.15) is 26.3 Å². The fraction of sp³-hybridized carbons (Fsp3) is 0.267. The Bertz CT molecular complexity index is 768. The van der Waals surface area contributed by atoms with Crippen LogP contribution in [0.3, 0.4) is 0 Å². The predicted octanol–water partition coefficient (Wildman–Crippen LogP) is 2.85. The zero-order valence-corrected chi connectivity index (χ0v) is 11.9. The Morgan fingerprint density at radius 3 is 2.67 bits per heavy atom. The van der Waals surface area contributed by atoms with Crippen molar-refractivity contribution in [2.75, 3.05) is 0 Å². The lowest BCUT2D eigenvalue weighted by molar-refractivity contribution is 0.0605. The Labute approximate surface area is 120 Å². The summed E-state index contributed by atoms with van der Waals surface area (Å²) < 4.78 is 10.0. The third-order valence-corrected chi connectivity index (χ3v) is 2.51. The molecule has 1 N–H and O–H groups in total. The number of carbonyl (C=O) groups excluding carboxylic acids is 1. The van der Waals surface area contributed by atoms with Gasteiger partial charge in [-0.2, -0.15) is 4.99 Å². The average molecular weight is 289 g/mol. The summed E-state index contributed by atoms with van der Waals surface area (Å²) in [6.45, 7) is 5.09. The number of fused-ring (bicyclic) bond motifs is 1. The van der Waals surface area contributed by atoms with E-state index in [4.69, 9.17) is 9.15 Å². The molecule has 0 fully saturated rings. The molecule has 0 atom stereocenters. The molecular formula is C15H15NO5. The molecule has 1 heterocycles. The molecule has 0 saturated heterocycles. The highest BCUT2D eigenvalue weighted by atomic mass is 16.6. The maximum Gasteiger partial charge on any atom is 0.434 e. The van der Waals surface area contributed by atoms with Gasteiger partial charge in [0.25, 0.3) is 0 Å². The molecule has 0 radical (unpaired) electrons. The van der Waals surface area contributed by atoms with Gasteiger partial charge in [-0.25, -0.2) is 9.59 Å². The molecule has 0 unspecified atom stereocenters. The van der Waals surface area contributed by atoms with Gasteiger partial charge in [0.2, 0.25) is 0 Å². The number of carbonyl (C=O) groups is 1. The summed E-state index contributed by atoms with van der Waals surface area (Å²) in [4.78, 5) is 26.8. The maximum atomic E-state index is 11.8. The van der Waals surface area contributed by atoms with E-state index in [1.807, 2.05) is 0 Å². The van der Waals surface area contributed by atoms with Gasteiger partial charge in [-0.05, 0) is 32.9 Å². The molecule has 0 aliphatic heterocycles. The largest absolute Gasteiger partial charge is 0.506 e. The van der Waals surface area contributed by atoms with Crippen molar-refractivity contribution in [1.29, 1.82) is 0 Å². The minimum atomic E-state index is -0.852. The smallest absolute Gasteiger partial charge is 0.434 e. The zero-order chi connectivity index (χ0) is 15.6. The average Bonchev–Trinajstić information content (AvgIpc) is 2.36. The van der Waals surface area contributed by atoms with Crippen LogP contribution in [0.25, 0.3) is 11.0 Å². The second kappa shape index (κ2) is 5.40. The highest BCUT2D eigenvalue weighted by Crippen LogP contribution is 2.24. The second-order valence-electron chi connectivity index (χ2n) is 5.39. The standard InChI is InChI=1S/C15H15NO5/c1-15(2,3)21-14(19)16-8-10-12(17)9-6-4-5-7-11(9)20-13(10)18/h4-8,17H,1-3H3. The minimum Gasteiger partial charge on any atom is -0.506 e. The lowest BCUT2D eigenvalue weighted by Gasteiger charge is -2.17. The van der Waals surface area contributed by atoms with E-state index in [0.29, 0.717) is 5.39 Å². The quantitative estimate of drug-likeness (QED) is 0.644. The van der Waals surface area contributed by atoms with E-state index in [-0.39, 0.29) is 16.9 Å². The minimum absolute atomic E-state index is 0.195. The summed E-state index contributed by atoms with van der Waals surface area (Å²) >= 11 is 0. The first-order valence-corrected chi connectivity index (χ1v) is 6.30. The Kier molecular flexibility index (Phi) is 3.80. The van der Waals surface area contributed by atoms with Gasteiger partial charge in [-0.1, -0.05) is 12.1 Å². The van der Waals surface area contributed by atoms with E-state index in [1.54, 1.807) is 45.0 Å². The fourth-order valence-electron chi connectivity index (χ4n) is 1.67. The van der Waals surface area contributed by atoms with E-state index in [2.05, 4.69) is 4.99 Å². The van der Waals surface area contributed by atoms with Gasteiger partial charge in [0.15, 0.2) is 0 Å². The van der Waals surface area contributed by atoms with E-state index < -0.39 is 17.3 Å². The summed E-state index contributed by atoms with van der Waals surface area (Å²) in [5.74, 6) is -0.283. The lowest BCUT2D eigenvalue weighted by atomic mass is 10.1. The third-order valence-electron chi connectivity index (χ3n) is 2.51. The first kappa shape index (κ1) is 14.8. The Balaban J connectivity index is 2.39. The highest BCUT2D eigenvalue weighted by molar-refractivity contribution is 5.96. The number of ether oxygens (including phenoxy) is 1. The van der Waals surface area contributed by atoms with Gasteiger partial charge in [0.05, 0.1) is 11.6 Å². The van der Waals surface area contributed by atoms with Crippen LogP contribution in [0.2, 0.25) is 0 Å². The predicted molar refractivity (Wildman–Crippen MR) is 78.0 cm³/mol. The number of hydrogen-bond donors (Lipinski definition) is 1. The van der Waals surface area contributed by atoms with Crippen LogP contribution in [-0.2, 0) is 4.74 Å². The summed E-state index contributed by atoms with van der Waals surface area (Å²) in [5.41, 5.74) is -1.41. The molecule has 0 aliphatic rings. The summed E-state index contributed by atoms with van der Waals surface area (Å²) in [7, 11) is 0. The number of hydrogen-bond acceptors (Lipinski definition) is 5. The SMILES string of the molecule is CC(C)(C)OC(=O)N=Cc1c(O)c2ccccc2oc1=O. The monoisotopic (exact) mass is 289 g/mol. The molecular weight excluding hydrogens is 274 g/mol. The molecule has 2 rings (SSSR count). The van der Waals surface area contributed by atoms with Crippen molar-refractivity contribution in [3.8, 4) is 5.75 Å². The first-order valence-electron chi connectivity index (χ1n) is 6.30. The lowest BCUT2D eigenvalue weighted by Crippen LogP contribution is -2.22. The number of aliphatic imine (C=N–C) groups is 1. The highest BCUT2D eigenvalue weighted by Gasteiger charge is 2.16. The molecule has 0 aliphatic carbocycles. The molecule has 0 saturated carbocycles. The molecule has 21 heavy (non-hydrogen) atoms. The Morgan fingerprint density at radius 2 is 2.00 bits per heavy atom. The second-order valence-corrected chi connectivity index (χ2v) is 5.39. The van der Waals surface area contributed by atoms with Crippen molar-refractivity contribution in [1.82, 2.24) is 0 Å². The summed E-state index contributed by atoms with van der Waals surface area (Å²) in [6.07, 6.45) is 0.0938. The number of para-hydroxylation sites is 1. The van der Waals surface area contributed by atoms with E-state index in [0.717, 1.165) is 6.21 Å². The van der Waals surface area contributed by atoms with Crippen molar-refractivity contribution in [2.45, 2.75) is 26.4 Å². The van der Waals surface area contributed by atoms with E-state index in [1.165, 1.54) is 0 Å². The van der Waals surface area contributed by atoms with Crippen molar-refractivity contribution in [3.63, 3.8) is 0 Å². The molecule has 1 amide bonds.